The summed E-state index contributed by atoms with van der Waals surface area (Å²) in [4.78, 5) is 0. The molecule has 0 aromatic rings. The van der Waals surface area contributed by atoms with Crippen LogP contribution >= 0.6 is 27.7 Å². The van der Waals surface area contributed by atoms with Crippen LogP contribution in [0.15, 0.2) is 0 Å². The second kappa shape index (κ2) is 8.16. The average molecular weight is 267 g/mol. The molecular formula is C11H23BrS. The predicted molar refractivity (Wildman–Crippen MR) is 69.0 cm³/mol. The van der Waals surface area contributed by atoms with Crippen molar-refractivity contribution in [1.29, 1.82) is 0 Å². The highest BCUT2D eigenvalue weighted by molar-refractivity contribution is 9.09. The third-order valence-corrected chi connectivity index (χ3v) is 5.42. The van der Waals surface area contributed by atoms with Crippen LogP contribution in [0.4, 0.5) is 0 Å². The lowest BCUT2D eigenvalue weighted by molar-refractivity contribution is 0.359. The van der Waals surface area contributed by atoms with Crippen molar-refractivity contribution in [2.75, 3.05) is 16.8 Å². The molecule has 0 aliphatic carbocycles. The Labute approximate surface area is 96.4 Å². The van der Waals surface area contributed by atoms with Gasteiger partial charge in [-0.15, -0.1) is 0 Å². The molecule has 13 heavy (non-hydrogen) atoms. The van der Waals surface area contributed by atoms with Crippen LogP contribution in [-0.4, -0.2) is 16.8 Å². The number of unbranched alkanes of at least 4 members (excludes halogenated alkanes) is 1. The predicted octanol–water partition coefficient (Wildman–Crippen LogP) is 4.72. The van der Waals surface area contributed by atoms with Crippen molar-refractivity contribution in [3.8, 4) is 0 Å². The van der Waals surface area contributed by atoms with Crippen molar-refractivity contribution in [3.05, 3.63) is 0 Å². The van der Waals surface area contributed by atoms with Gasteiger partial charge < -0.3 is 0 Å². The second-order valence-electron chi connectivity index (χ2n) is 3.75. The van der Waals surface area contributed by atoms with E-state index in [1.165, 1.54) is 37.2 Å². The molecule has 0 heterocycles. The largest absolute Gasteiger partial charge is 0.161 e. The van der Waals surface area contributed by atoms with E-state index < -0.39 is 0 Å². The summed E-state index contributed by atoms with van der Waals surface area (Å²) in [6.45, 7) is 6.88. The number of hydrogen-bond acceptors (Lipinski definition) is 1. The third kappa shape index (κ3) is 5.31. The fraction of sp³-hybridized carbons (Fsp3) is 1.00. The molecular weight excluding hydrogens is 244 g/mol. The van der Waals surface area contributed by atoms with Gasteiger partial charge in [-0.05, 0) is 36.2 Å². The van der Waals surface area contributed by atoms with Crippen LogP contribution < -0.4 is 0 Å². The maximum atomic E-state index is 3.65. The first-order chi connectivity index (χ1) is 6.24. The van der Waals surface area contributed by atoms with Gasteiger partial charge in [0, 0.05) is 5.33 Å². The van der Waals surface area contributed by atoms with Gasteiger partial charge in [-0.3, -0.25) is 0 Å². The highest BCUT2D eigenvalue weighted by Crippen LogP contribution is 2.32. The summed E-state index contributed by atoms with van der Waals surface area (Å²) in [7, 11) is 0. The molecule has 0 aromatic carbocycles. The van der Waals surface area contributed by atoms with Gasteiger partial charge in [-0.1, -0.05) is 43.1 Å². The number of alkyl halides is 1. The Kier molecular flexibility index (Phi) is 8.69. The van der Waals surface area contributed by atoms with Gasteiger partial charge in [0.05, 0.1) is 0 Å². The molecule has 0 saturated heterocycles. The quantitative estimate of drug-likeness (QED) is 0.453. The minimum atomic E-state index is 0.554. The Hall–Kier alpha value is 0.830. The highest BCUT2D eigenvalue weighted by atomic mass is 79.9. The van der Waals surface area contributed by atoms with E-state index >= 15 is 0 Å². The molecule has 0 nitrogen and oxygen atoms in total. The van der Waals surface area contributed by atoms with E-state index in [2.05, 4.69) is 48.5 Å². The maximum Gasteiger partial charge on any atom is 0.00956 e. The Morgan fingerprint density at radius 3 is 2.15 bits per heavy atom. The zero-order valence-electron chi connectivity index (χ0n) is 9.24. The zero-order chi connectivity index (χ0) is 10.2. The molecule has 0 aromatic heterocycles. The molecule has 0 atom stereocenters. The lowest BCUT2D eigenvalue weighted by atomic mass is 9.87. The Bertz CT molecular complexity index is 102. The van der Waals surface area contributed by atoms with Crippen LogP contribution in [0.25, 0.3) is 0 Å². The van der Waals surface area contributed by atoms with Crippen LogP contribution in [-0.2, 0) is 0 Å². The van der Waals surface area contributed by atoms with Crippen LogP contribution in [0, 0.1) is 5.41 Å². The lowest BCUT2D eigenvalue weighted by Crippen LogP contribution is -2.24. The fourth-order valence-electron chi connectivity index (χ4n) is 1.22. The normalized spacial score (nSPS) is 12.0. The SMILES string of the molecule is CCCCSCC(CC)(CC)CBr. The Balaban J connectivity index is 3.68. The highest BCUT2D eigenvalue weighted by Gasteiger charge is 2.24. The van der Waals surface area contributed by atoms with Gasteiger partial charge >= 0.3 is 0 Å². The minimum absolute atomic E-state index is 0.554. The van der Waals surface area contributed by atoms with Crippen molar-refractivity contribution in [2.24, 2.45) is 5.41 Å². The lowest BCUT2D eigenvalue weighted by Gasteiger charge is -2.29. The van der Waals surface area contributed by atoms with Crippen molar-refractivity contribution in [2.45, 2.75) is 46.5 Å². The summed E-state index contributed by atoms with van der Waals surface area (Å²) in [6.07, 6.45) is 5.30. The van der Waals surface area contributed by atoms with Gasteiger partial charge in [0.2, 0.25) is 0 Å². The fourth-order valence-corrected chi connectivity index (χ4v) is 4.05. The second-order valence-corrected chi connectivity index (χ2v) is 5.41. The summed E-state index contributed by atoms with van der Waals surface area (Å²) in [6, 6.07) is 0. The molecule has 0 spiro atoms. The average Bonchev–Trinajstić information content (AvgIpc) is 2.20. The minimum Gasteiger partial charge on any atom is -0.161 e. The molecule has 0 amide bonds. The van der Waals surface area contributed by atoms with E-state index in [4.69, 9.17) is 0 Å². The van der Waals surface area contributed by atoms with E-state index in [1.807, 2.05) is 0 Å². The van der Waals surface area contributed by atoms with E-state index in [0.29, 0.717) is 5.41 Å². The molecule has 0 bridgehead atoms. The first-order valence-electron chi connectivity index (χ1n) is 5.38. The number of rotatable bonds is 8. The van der Waals surface area contributed by atoms with Crippen LogP contribution in [0.1, 0.15) is 46.5 Å². The molecule has 0 fully saturated rings. The molecule has 2 heteroatoms. The third-order valence-electron chi connectivity index (χ3n) is 2.83. The molecule has 80 valence electrons. The Morgan fingerprint density at radius 2 is 1.77 bits per heavy atom. The number of thioether (sulfide) groups is 1. The van der Waals surface area contributed by atoms with E-state index in [-0.39, 0.29) is 0 Å². The maximum absolute atomic E-state index is 3.65. The summed E-state index contributed by atoms with van der Waals surface area (Å²) < 4.78 is 0. The molecule has 0 saturated carbocycles. The van der Waals surface area contributed by atoms with Crippen molar-refractivity contribution < 1.29 is 0 Å². The zero-order valence-corrected chi connectivity index (χ0v) is 11.6. The van der Waals surface area contributed by atoms with Crippen molar-refractivity contribution >= 4 is 27.7 Å². The Morgan fingerprint density at radius 1 is 1.15 bits per heavy atom. The molecule has 0 unspecified atom stereocenters. The van der Waals surface area contributed by atoms with Gasteiger partial charge in [-0.25, -0.2) is 0 Å². The summed E-state index contributed by atoms with van der Waals surface area (Å²) in [5, 5.41) is 1.16. The molecule has 0 aliphatic rings. The summed E-state index contributed by atoms with van der Waals surface area (Å²) in [5.41, 5.74) is 0.554. The van der Waals surface area contributed by atoms with Crippen LogP contribution in [0.2, 0.25) is 0 Å². The van der Waals surface area contributed by atoms with Gasteiger partial charge in [0.25, 0.3) is 0 Å². The van der Waals surface area contributed by atoms with E-state index in [1.54, 1.807) is 0 Å². The van der Waals surface area contributed by atoms with Gasteiger partial charge in [0.1, 0.15) is 0 Å². The van der Waals surface area contributed by atoms with Crippen LogP contribution in [0.5, 0.6) is 0 Å². The summed E-state index contributed by atoms with van der Waals surface area (Å²) in [5.74, 6) is 2.66. The number of halogens is 1. The van der Waals surface area contributed by atoms with E-state index in [0.717, 1.165) is 5.33 Å². The van der Waals surface area contributed by atoms with E-state index in [9.17, 15) is 0 Å². The number of hydrogen-bond donors (Lipinski definition) is 0. The molecule has 0 N–H and O–H groups in total. The van der Waals surface area contributed by atoms with Gasteiger partial charge in [0.15, 0.2) is 0 Å². The molecule has 0 aliphatic heterocycles. The van der Waals surface area contributed by atoms with Crippen LogP contribution in [0.3, 0.4) is 0 Å². The molecule has 0 rings (SSSR count). The first kappa shape index (κ1) is 13.8. The smallest absolute Gasteiger partial charge is 0.00956 e. The standard InChI is InChI=1S/C11H23BrS/c1-4-7-8-13-10-11(5-2,6-3)9-12/h4-10H2,1-3H3. The molecule has 0 radical (unpaired) electrons. The topological polar surface area (TPSA) is 0 Å². The van der Waals surface area contributed by atoms with Crippen molar-refractivity contribution in [3.63, 3.8) is 0 Å². The monoisotopic (exact) mass is 266 g/mol. The van der Waals surface area contributed by atoms with Gasteiger partial charge in [-0.2, -0.15) is 11.8 Å². The summed E-state index contributed by atoms with van der Waals surface area (Å²) >= 11 is 5.78. The van der Waals surface area contributed by atoms with Crippen molar-refractivity contribution in [1.82, 2.24) is 0 Å². The first-order valence-corrected chi connectivity index (χ1v) is 7.66.